The third kappa shape index (κ3) is 5.20. The summed E-state index contributed by atoms with van der Waals surface area (Å²) in [4.78, 5) is 11.9. The third-order valence-electron chi connectivity index (χ3n) is 2.83. The van der Waals surface area contributed by atoms with Crippen LogP contribution in [0.3, 0.4) is 0 Å². The van der Waals surface area contributed by atoms with Gasteiger partial charge in [0.15, 0.2) is 6.10 Å². The lowest BCUT2D eigenvalue weighted by Gasteiger charge is -2.18. The molecule has 0 aromatic heterocycles. The number of hydrogen-bond acceptors (Lipinski definition) is 3. The number of amides is 1. The number of methoxy groups -OCH3 is 1. The Labute approximate surface area is 115 Å². The van der Waals surface area contributed by atoms with Crippen LogP contribution in [0.1, 0.15) is 33.6 Å². The molecule has 2 atom stereocenters. The summed E-state index contributed by atoms with van der Waals surface area (Å²) in [6.45, 7) is 5.84. The lowest BCUT2D eigenvalue weighted by atomic mass is 10.2. The molecule has 1 aromatic carbocycles. The van der Waals surface area contributed by atoms with E-state index in [-0.39, 0.29) is 11.9 Å². The predicted octanol–water partition coefficient (Wildman–Crippen LogP) is 2.77. The topological polar surface area (TPSA) is 47.6 Å². The van der Waals surface area contributed by atoms with E-state index in [0.29, 0.717) is 11.5 Å². The highest BCUT2D eigenvalue weighted by atomic mass is 16.5. The molecular formula is C15H23NO3. The molecule has 0 aliphatic rings. The Hall–Kier alpha value is -1.71. The van der Waals surface area contributed by atoms with Gasteiger partial charge < -0.3 is 14.8 Å². The van der Waals surface area contributed by atoms with Gasteiger partial charge in [0.2, 0.25) is 0 Å². The summed E-state index contributed by atoms with van der Waals surface area (Å²) in [5.74, 6) is 1.25. The fourth-order valence-corrected chi connectivity index (χ4v) is 1.80. The Balaban J connectivity index is 2.53. The summed E-state index contributed by atoms with van der Waals surface area (Å²) in [5.41, 5.74) is 0. The average Bonchev–Trinajstić information content (AvgIpc) is 2.39. The minimum atomic E-state index is -0.522. The number of rotatable bonds is 7. The normalized spacial score (nSPS) is 13.5. The van der Waals surface area contributed by atoms with Crippen LogP contribution in [0.4, 0.5) is 0 Å². The highest BCUT2D eigenvalue weighted by molar-refractivity contribution is 5.80. The van der Waals surface area contributed by atoms with Gasteiger partial charge in [-0.05, 0) is 32.4 Å². The number of benzene rings is 1. The quantitative estimate of drug-likeness (QED) is 0.824. The summed E-state index contributed by atoms with van der Waals surface area (Å²) < 4.78 is 10.7. The largest absolute Gasteiger partial charge is 0.497 e. The fourth-order valence-electron chi connectivity index (χ4n) is 1.80. The minimum Gasteiger partial charge on any atom is -0.497 e. The Morgan fingerprint density at radius 3 is 2.63 bits per heavy atom. The van der Waals surface area contributed by atoms with Gasteiger partial charge in [-0.2, -0.15) is 0 Å². The van der Waals surface area contributed by atoms with Crippen molar-refractivity contribution in [2.24, 2.45) is 0 Å². The highest BCUT2D eigenvalue weighted by Crippen LogP contribution is 2.19. The Kier molecular flexibility index (Phi) is 6.19. The molecule has 0 unspecified atom stereocenters. The van der Waals surface area contributed by atoms with Gasteiger partial charge in [0, 0.05) is 12.1 Å². The maximum Gasteiger partial charge on any atom is 0.260 e. The van der Waals surface area contributed by atoms with E-state index >= 15 is 0 Å². The van der Waals surface area contributed by atoms with Crippen LogP contribution in [0.5, 0.6) is 11.5 Å². The monoisotopic (exact) mass is 265 g/mol. The van der Waals surface area contributed by atoms with Gasteiger partial charge in [-0.3, -0.25) is 4.79 Å². The molecule has 1 aromatic rings. The minimum absolute atomic E-state index is 0.0937. The van der Waals surface area contributed by atoms with E-state index in [0.717, 1.165) is 12.8 Å². The second-order valence-corrected chi connectivity index (χ2v) is 4.64. The molecule has 0 saturated carbocycles. The molecule has 4 nitrogen and oxygen atoms in total. The van der Waals surface area contributed by atoms with Crippen molar-refractivity contribution in [3.05, 3.63) is 24.3 Å². The summed E-state index contributed by atoms with van der Waals surface area (Å²) in [5, 5.41) is 2.93. The second kappa shape index (κ2) is 7.67. The first-order valence-corrected chi connectivity index (χ1v) is 6.68. The van der Waals surface area contributed by atoms with Crippen molar-refractivity contribution in [3.63, 3.8) is 0 Å². The van der Waals surface area contributed by atoms with Gasteiger partial charge in [0.25, 0.3) is 5.91 Å². The van der Waals surface area contributed by atoms with Crippen molar-refractivity contribution < 1.29 is 14.3 Å². The van der Waals surface area contributed by atoms with Gasteiger partial charge in [-0.15, -0.1) is 0 Å². The lowest BCUT2D eigenvalue weighted by molar-refractivity contribution is -0.127. The fraction of sp³-hybridized carbons (Fsp3) is 0.533. The molecule has 1 amide bonds. The zero-order chi connectivity index (χ0) is 14.3. The highest BCUT2D eigenvalue weighted by Gasteiger charge is 2.16. The number of nitrogens with one attached hydrogen (secondary N) is 1. The predicted molar refractivity (Wildman–Crippen MR) is 75.6 cm³/mol. The molecule has 19 heavy (non-hydrogen) atoms. The van der Waals surface area contributed by atoms with Gasteiger partial charge >= 0.3 is 0 Å². The standard InChI is InChI=1S/C15H23NO3/c1-5-7-11(2)16-15(17)12(3)19-14-9-6-8-13(10-14)18-4/h6,8-12H,5,7H2,1-4H3,(H,16,17)/t11-,12-/m1/s1. The van der Waals surface area contributed by atoms with Crippen molar-refractivity contribution in [2.45, 2.75) is 45.8 Å². The van der Waals surface area contributed by atoms with Crippen molar-refractivity contribution >= 4 is 5.91 Å². The zero-order valence-electron chi connectivity index (χ0n) is 12.1. The van der Waals surface area contributed by atoms with Crippen molar-refractivity contribution in [1.82, 2.24) is 5.32 Å². The van der Waals surface area contributed by atoms with E-state index in [1.165, 1.54) is 0 Å². The van der Waals surface area contributed by atoms with Gasteiger partial charge in [-0.1, -0.05) is 19.4 Å². The van der Waals surface area contributed by atoms with E-state index in [1.54, 1.807) is 20.1 Å². The van der Waals surface area contributed by atoms with Crippen LogP contribution >= 0.6 is 0 Å². The summed E-state index contributed by atoms with van der Waals surface area (Å²) in [6.07, 6.45) is 1.50. The summed E-state index contributed by atoms with van der Waals surface area (Å²) in [7, 11) is 1.60. The van der Waals surface area contributed by atoms with Crippen molar-refractivity contribution in [3.8, 4) is 11.5 Å². The number of hydrogen-bond donors (Lipinski definition) is 1. The first-order valence-electron chi connectivity index (χ1n) is 6.68. The average molecular weight is 265 g/mol. The number of carbonyl (C=O) groups excluding carboxylic acids is 1. The molecule has 1 rings (SSSR count). The Bertz CT molecular complexity index is 406. The van der Waals surface area contributed by atoms with E-state index in [2.05, 4.69) is 12.2 Å². The van der Waals surface area contributed by atoms with Crippen LogP contribution < -0.4 is 14.8 Å². The molecular weight excluding hydrogens is 242 g/mol. The van der Waals surface area contributed by atoms with E-state index < -0.39 is 6.10 Å². The van der Waals surface area contributed by atoms with Crippen LogP contribution in [0, 0.1) is 0 Å². The van der Waals surface area contributed by atoms with Crippen molar-refractivity contribution in [1.29, 1.82) is 0 Å². The Morgan fingerprint density at radius 1 is 1.32 bits per heavy atom. The van der Waals surface area contributed by atoms with Gasteiger partial charge in [-0.25, -0.2) is 0 Å². The van der Waals surface area contributed by atoms with E-state index in [1.807, 2.05) is 25.1 Å². The molecule has 1 N–H and O–H groups in total. The molecule has 0 spiro atoms. The van der Waals surface area contributed by atoms with Gasteiger partial charge in [0.1, 0.15) is 11.5 Å². The molecule has 106 valence electrons. The second-order valence-electron chi connectivity index (χ2n) is 4.64. The maximum atomic E-state index is 11.9. The molecule has 0 aliphatic heterocycles. The summed E-state index contributed by atoms with van der Waals surface area (Å²) >= 11 is 0. The third-order valence-corrected chi connectivity index (χ3v) is 2.83. The first-order chi connectivity index (χ1) is 9.06. The smallest absolute Gasteiger partial charge is 0.260 e. The maximum absolute atomic E-state index is 11.9. The van der Waals surface area contributed by atoms with Crippen LogP contribution in [0.2, 0.25) is 0 Å². The van der Waals surface area contributed by atoms with Crippen LogP contribution in [-0.2, 0) is 4.79 Å². The molecule has 0 saturated heterocycles. The van der Waals surface area contributed by atoms with Crippen LogP contribution in [-0.4, -0.2) is 25.2 Å². The first kappa shape index (κ1) is 15.3. The molecule has 0 bridgehead atoms. The van der Waals surface area contributed by atoms with Crippen LogP contribution in [0.15, 0.2) is 24.3 Å². The van der Waals surface area contributed by atoms with E-state index in [4.69, 9.17) is 9.47 Å². The SMILES string of the molecule is CCC[C@@H](C)NC(=O)[C@@H](C)Oc1cccc(OC)c1. The Morgan fingerprint density at radius 2 is 2.00 bits per heavy atom. The van der Waals surface area contributed by atoms with E-state index in [9.17, 15) is 4.79 Å². The zero-order valence-corrected chi connectivity index (χ0v) is 12.1. The number of ether oxygens (including phenoxy) is 2. The van der Waals surface area contributed by atoms with Crippen molar-refractivity contribution in [2.75, 3.05) is 7.11 Å². The lowest BCUT2D eigenvalue weighted by Crippen LogP contribution is -2.41. The number of carbonyl (C=O) groups is 1. The van der Waals surface area contributed by atoms with Gasteiger partial charge in [0.05, 0.1) is 7.11 Å². The summed E-state index contributed by atoms with van der Waals surface area (Å²) in [6, 6.07) is 7.41. The molecule has 4 heteroatoms. The van der Waals surface area contributed by atoms with Crippen LogP contribution in [0.25, 0.3) is 0 Å². The molecule has 0 radical (unpaired) electrons. The molecule has 0 fully saturated rings. The molecule has 0 aliphatic carbocycles. The molecule has 0 heterocycles.